The zero-order valence-electron chi connectivity index (χ0n) is 18.0. The fourth-order valence-electron chi connectivity index (χ4n) is 4.54. The average Bonchev–Trinajstić information content (AvgIpc) is 2.84. The number of primary amides is 1. The Kier molecular flexibility index (Phi) is 5.23. The van der Waals surface area contributed by atoms with Crippen LogP contribution >= 0.6 is 11.6 Å². The van der Waals surface area contributed by atoms with Crippen molar-refractivity contribution in [1.29, 1.82) is 0 Å². The van der Waals surface area contributed by atoms with Crippen LogP contribution in [0.5, 0.6) is 0 Å². The Bertz CT molecular complexity index is 1410. The molecule has 0 atom stereocenters. The molecule has 4 aromatic carbocycles. The number of nitrogens with zero attached hydrogens (tertiary/aromatic N) is 1. The van der Waals surface area contributed by atoms with E-state index in [1.807, 2.05) is 79.7 Å². The molecule has 2 amide bonds. The van der Waals surface area contributed by atoms with Gasteiger partial charge < -0.3 is 10.6 Å². The topological polar surface area (TPSA) is 63.4 Å². The lowest BCUT2D eigenvalue weighted by Gasteiger charge is -2.32. The molecule has 0 bridgehead atoms. The van der Waals surface area contributed by atoms with Gasteiger partial charge in [0, 0.05) is 16.7 Å². The van der Waals surface area contributed by atoms with Gasteiger partial charge in [-0.15, -0.1) is 0 Å². The Hall–Kier alpha value is -3.89. The minimum Gasteiger partial charge on any atom is -0.366 e. The second-order valence-corrected chi connectivity index (χ2v) is 8.46. The first-order valence-corrected chi connectivity index (χ1v) is 11.0. The quantitative estimate of drug-likeness (QED) is 0.399. The van der Waals surface area contributed by atoms with Crippen LogP contribution in [0.3, 0.4) is 0 Å². The Morgan fingerprint density at radius 2 is 1.48 bits per heavy atom. The van der Waals surface area contributed by atoms with E-state index in [9.17, 15) is 9.59 Å². The molecule has 162 valence electrons. The summed E-state index contributed by atoms with van der Waals surface area (Å²) in [4.78, 5) is 28.0. The first kappa shape index (κ1) is 21.0. The number of fused-ring (bicyclic) bond motifs is 3. The smallest absolute Gasteiger partial charge is 0.258 e. The van der Waals surface area contributed by atoms with Gasteiger partial charge in [0.25, 0.3) is 5.91 Å². The molecule has 0 radical (unpaired) electrons. The van der Waals surface area contributed by atoms with Gasteiger partial charge in [-0.2, -0.15) is 0 Å². The maximum absolute atomic E-state index is 14.0. The third-order valence-electron chi connectivity index (χ3n) is 6.16. The monoisotopic (exact) mass is 452 g/mol. The molecule has 0 saturated carbocycles. The number of nitrogens with two attached hydrogens (primary N) is 1. The van der Waals surface area contributed by atoms with Crippen LogP contribution < -0.4 is 10.6 Å². The highest BCUT2D eigenvalue weighted by Crippen LogP contribution is 2.41. The van der Waals surface area contributed by atoms with Crippen molar-refractivity contribution in [2.24, 2.45) is 5.73 Å². The molecule has 1 heterocycles. The van der Waals surface area contributed by atoms with Gasteiger partial charge in [0.05, 0.1) is 22.8 Å². The number of benzene rings is 4. The highest BCUT2D eigenvalue weighted by molar-refractivity contribution is 6.37. The molecule has 4 aromatic rings. The highest BCUT2D eigenvalue weighted by Gasteiger charge is 2.30. The lowest BCUT2D eigenvalue weighted by Crippen LogP contribution is -2.34. The number of hydrogen-bond acceptors (Lipinski definition) is 2. The third-order valence-corrected chi connectivity index (χ3v) is 6.55. The van der Waals surface area contributed by atoms with Crippen molar-refractivity contribution in [2.75, 3.05) is 4.90 Å². The normalized spacial score (nSPS) is 12.1. The summed E-state index contributed by atoms with van der Waals surface area (Å²) in [7, 11) is 0. The van der Waals surface area contributed by atoms with E-state index >= 15 is 0 Å². The van der Waals surface area contributed by atoms with Gasteiger partial charge in [0.1, 0.15) is 0 Å². The summed E-state index contributed by atoms with van der Waals surface area (Å²) in [6.45, 7) is 2.29. The van der Waals surface area contributed by atoms with E-state index in [-0.39, 0.29) is 16.5 Å². The number of para-hydroxylation sites is 1. The molecular formula is C28H21ClN2O2. The van der Waals surface area contributed by atoms with Crippen LogP contribution in [0.2, 0.25) is 5.02 Å². The summed E-state index contributed by atoms with van der Waals surface area (Å²) < 4.78 is 0. The number of carbonyl (C=O) groups excluding carboxylic acids is 2. The van der Waals surface area contributed by atoms with Crippen LogP contribution in [0.4, 0.5) is 5.69 Å². The molecule has 5 rings (SSSR count). The molecule has 33 heavy (non-hydrogen) atoms. The van der Waals surface area contributed by atoms with E-state index in [0.29, 0.717) is 23.2 Å². The maximum Gasteiger partial charge on any atom is 0.258 e. The zero-order valence-corrected chi connectivity index (χ0v) is 18.8. The summed E-state index contributed by atoms with van der Waals surface area (Å²) in [6.07, 6.45) is 0. The first-order valence-electron chi connectivity index (χ1n) is 10.6. The summed E-state index contributed by atoms with van der Waals surface area (Å²) >= 11 is 6.63. The van der Waals surface area contributed by atoms with E-state index < -0.39 is 5.91 Å². The second-order valence-electron chi connectivity index (χ2n) is 8.08. The molecule has 0 aromatic heterocycles. The number of rotatable bonds is 3. The maximum atomic E-state index is 14.0. The molecule has 0 fully saturated rings. The summed E-state index contributed by atoms with van der Waals surface area (Å²) in [5.41, 5.74) is 12.4. The summed E-state index contributed by atoms with van der Waals surface area (Å²) in [5, 5.41) is 0.257. The van der Waals surface area contributed by atoms with E-state index in [2.05, 4.69) is 6.07 Å². The molecule has 0 spiro atoms. The van der Waals surface area contributed by atoms with Crippen molar-refractivity contribution in [1.82, 2.24) is 0 Å². The number of carbonyl (C=O) groups is 2. The molecule has 1 aliphatic heterocycles. The van der Waals surface area contributed by atoms with Gasteiger partial charge in [-0.05, 0) is 41.3 Å². The van der Waals surface area contributed by atoms with Crippen LogP contribution in [0, 0.1) is 6.92 Å². The molecular weight excluding hydrogens is 432 g/mol. The Morgan fingerprint density at radius 3 is 2.21 bits per heavy atom. The van der Waals surface area contributed by atoms with Crippen molar-refractivity contribution in [3.05, 3.63) is 112 Å². The van der Waals surface area contributed by atoms with Crippen LogP contribution in [0.25, 0.3) is 22.3 Å². The minimum absolute atomic E-state index is 0.134. The molecule has 4 nitrogen and oxygen atoms in total. The Balaban J connectivity index is 1.70. The number of halogens is 1. The highest BCUT2D eigenvalue weighted by atomic mass is 35.5. The van der Waals surface area contributed by atoms with E-state index in [1.165, 1.54) is 6.07 Å². The molecule has 0 aliphatic carbocycles. The molecule has 0 unspecified atom stereocenters. The number of anilines is 1. The van der Waals surface area contributed by atoms with Gasteiger partial charge in [-0.3, -0.25) is 9.59 Å². The molecule has 0 saturated heterocycles. The average molecular weight is 453 g/mol. The van der Waals surface area contributed by atoms with Crippen molar-refractivity contribution in [3.63, 3.8) is 0 Å². The molecule has 1 aliphatic rings. The Labute approximate surface area is 197 Å². The fourth-order valence-corrected chi connectivity index (χ4v) is 4.94. The van der Waals surface area contributed by atoms with Gasteiger partial charge in [-0.1, -0.05) is 84.4 Å². The van der Waals surface area contributed by atoms with Crippen LogP contribution in [-0.4, -0.2) is 11.8 Å². The first-order chi connectivity index (χ1) is 16.0. The van der Waals surface area contributed by atoms with Crippen LogP contribution in [-0.2, 0) is 6.54 Å². The van der Waals surface area contributed by atoms with Crippen molar-refractivity contribution >= 4 is 29.1 Å². The molecule has 2 N–H and O–H groups in total. The van der Waals surface area contributed by atoms with E-state index in [1.54, 1.807) is 4.90 Å². The number of hydrogen-bond donors (Lipinski definition) is 1. The molecule has 5 heteroatoms. The second kappa shape index (κ2) is 8.23. The van der Waals surface area contributed by atoms with Gasteiger partial charge in [0.15, 0.2) is 0 Å². The predicted octanol–water partition coefficient (Wildman–Crippen LogP) is 6.24. The van der Waals surface area contributed by atoms with Crippen LogP contribution in [0.1, 0.15) is 31.8 Å². The van der Waals surface area contributed by atoms with Crippen molar-refractivity contribution < 1.29 is 9.59 Å². The van der Waals surface area contributed by atoms with E-state index in [0.717, 1.165) is 27.9 Å². The third kappa shape index (κ3) is 3.49. The van der Waals surface area contributed by atoms with Gasteiger partial charge in [-0.25, -0.2) is 0 Å². The lowest BCUT2D eigenvalue weighted by molar-refractivity contribution is 0.0984. The fraction of sp³-hybridized carbons (Fsp3) is 0.0714. The zero-order chi connectivity index (χ0) is 23.1. The SMILES string of the molecule is Cc1c(C(=O)N2Cc3ccccc3-c3ccccc32)cc(C(N)=O)c(Cl)c1-c1ccccc1. The van der Waals surface area contributed by atoms with Crippen molar-refractivity contribution in [3.8, 4) is 22.3 Å². The standard InChI is InChI=1S/C28H21ClN2O2/c1-17-22(15-23(27(30)32)26(29)25(17)18-9-3-2-4-10-18)28(33)31-16-19-11-5-6-12-20(19)21-13-7-8-14-24(21)31/h2-15H,16H2,1H3,(H2,30,32). The van der Waals surface area contributed by atoms with Gasteiger partial charge in [0.2, 0.25) is 5.91 Å². The Morgan fingerprint density at radius 1 is 0.848 bits per heavy atom. The van der Waals surface area contributed by atoms with Gasteiger partial charge >= 0.3 is 0 Å². The minimum atomic E-state index is -0.671. The van der Waals surface area contributed by atoms with Crippen molar-refractivity contribution in [2.45, 2.75) is 13.5 Å². The predicted molar refractivity (Wildman–Crippen MR) is 133 cm³/mol. The summed E-state index contributed by atoms with van der Waals surface area (Å²) in [5.74, 6) is -0.874. The summed E-state index contributed by atoms with van der Waals surface area (Å²) in [6, 6.07) is 26.9. The largest absolute Gasteiger partial charge is 0.366 e. The lowest BCUT2D eigenvalue weighted by atomic mass is 9.90. The number of amides is 2. The van der Waals surface area contributed by atoms with E-state index in [4.69, 9.17) is 17.3 Å². The van der Waals surface area contributed by atoms with Crippen LogP contribution in [0.15, 0.2) is 84.9 Å².